The molecule has 0 amide bonds. The molecule has 0 fully saturated rings. The molecular formula is C13H10BrClN2O2. The minimum absolute atomic E-state index is 0.0356. The topological polar surface area (TPSA) is 62.2 Å². The van der Waals surface area contributed by atoms with Crippen molar-refractivity contribution in [1.29, 1.82) is 0 Å². The molecule has 0 aliphatic heterocycles. The maximum absolute atomic E-state index is 10.9. The van der Waals surface area contributed by atoms with Crippen LogP contribution in [0.2, 0.25) is 5.02 Å². The summed E-state index contributed by atoms with van der Waals surface area (Å²) in [5.74, 6) is -0.598. The van der Waals surface area contributed by atoms with E-state index in [0.717, 1.165) is 10.0 Å². The predicted octanol–water partition coefficient (Wildman–Crippen LogP) is 3.81. The SMILES string of the molecule is O=C(O)c1cc(NCc2cccc(Br)c2)ncc1Cl. The van der Waals surface area contributed by atoms with E-state index >= 15 is 0 Å². The number of benzene rings is 1. The summed E-state index contributed by atoms with van der Waals surface area (Å²) in [6.45, 7) is 0.549. The Morgan fingerprint density at radius 2 is 2.21 bits per heavy atom. The lowest BCUT2D eigenvalue weighted by atomic mass is 10.2. The van der Waals surface area contributed by atoms with E-state index in [4.69, 9.17) is 16.7 Å². The maximum Gasteiger partial charge on any atom is 0.337 e. The zero-order chi connectivity index (χ0) is 13.8. The van der Waals surface area contributed by atoms with Crippen molar-refractivity contribution >= 4 is 39.3 Å². The summed E-state index contributed by atoms with van der Waals surface area (Å²) in [6.07, 6.45) is 1.33. The summed E-state index contributed by atoms with van der Waals surface area (Å²) in [5.41, 5.74) is 1.09. The van der Waals surface area contributed by atoms with Crippen LogP contribution in [-0.4, -0.2) is 16.1 Å². The van der Waals surface area contributed by atoms with Crippen molar-refractivity contribution in [3.05, 3.63) is 57.2 Å². The van der Waals surface area contributed by atoms with E-state index in [-0.39, 0.29) is 10.6 Å². The molecule has 0 saturated carbocycles. The third-order valence-electron chi connectivity index (χ3n) is 2.45. The highest BCUT2D eigenvalue weighted by atomic mass is 79.9. The van der Waals surface area contributed by atoms with Gasteiger partial charge in [-0.3, -0.25) is 0 Å². The Morgan fingerprint density at radius 3 is 2.89 bits per heavy atom. The molecule has 0 spiro atoms. The molecule has 1 aromatic heterocycles. The molecule has 0 aliphatic carbocycles. The fourth-order valence-corrected chi connectivity index (χ4v) is 2.17. The molecule has 0 radical (unpaired) electrons. The van der Waals surface area contributed by atoms with Gasteiger partial charge in [-0.2, -0.15) is 0 Å². The van der Waals surface area contributed by atoms with Crippen molar-refractivity contribution in [2.24, 2.45) is 0 Å². The summed E-state index contributed by atoms with van der Waals surface area (Å²) < 4.78 is 0.988. The first kappa shape index (κ1) is 13.8. The van der Waals surface area contributed by atoms with Crippen LogP contribution in [0.3, 0.4) is 0 Å². The first-order valence-corrected chi connectivity index (χ1v) is 6.60. The number of pyridine rings is 1. The van der Waals surface area contributed by atoms with Gasteiger partial charge in [0.25, 0.3) is 0 Å². The fourth-order valence-electron chi connectivity index (χ4n) is 1.54. The maximum atomic E-state index is 10.9. The quantitative estimate of drug-likeness (QED) is 0.888. The molecule has 1 aromatic carbocycles. The van der Waals surface area contributed by atoms with Crippen molar-refractivity contribution in [3.8, 4) is 0 Å². The third-order valence-corrected chi connectivity index (χ3v) is 3.24. The van der Waals surface area contributed by atoms with E-state index in [1.54, 1.807) is 0 Å². The third kappa shape index (κ3) is 3.68. The Morgan fingerprint density at radius 1 is 1.42 bits per heavy atom. The molecule has 0 aliphatic rings. The van der Waals surface area contributed by atoms with Crippen LogP contribution < -0.4 is 5.32 Å². The van der Waals surface area contributed by atoms with Crippen LogP contribution in [0.5, 0.6) is 0 Å². The Kier molecular flexibility index (Phi) is 4.39. The zero-order valence-electron chi connectivity index (χ0n) is 9.73. The average molecular weight is 342 g/mol. The van der Waals surface area contributed by atoms with Crippen LogP contribution in [0.4, 0.5) is 5.82 Å². The van der Waals surface area contributed by atoms with Crippen LogP contribution >= 0.6 is 27.5 Å². The molecular weight excluding hydrogens is 332 g/mol. The van der Waals surface area contributed by atoms with Gasteiger partial charge in [-0.25, -0.2) is 9.78 Å². The Balaban J connectivity index is 2.12. The van der Waals surface area contributed by atoms with Crippen LogP contribution in [0, 0.1) is 0 Å². The second-order valence-corrected chi connectivity index (χ2v) is 5.16. The number of carboxylic acids is 1. The highest BCUT2D eigenvalue weighted by Crippen LogP contribution is 2.19. The average Bonchev–Trinajstić information content (AvgIpc) is 2.37. The van der Waals surface area contributed by atoms with Gasteiger partial charge in [-0.1, -0.05) is 39.7 Å². The van der Waals surface area contributed by atoms with E-state index in [2.05, 4.69) is 26.2 Å². The summed E-state index contributed by atoms with van der Waals surface area (Å²) in [7, 11) is 0. The number of hydrogen-bond acceptors (Lipinski definition) is 3. The number of carboxylic acid groups (broad SMARTS) is 1. The summed E-state index contributed by atoms with van der Waals surface area (Å²) in [5, 5.41) is 12.1. The number of halogens is 2. The largest absolute Gasteiger partial charge is 0.478 e. The van der Waals surface area contributed by atoms with Crippen molar-refractivity contribution in [1.82, 2.24) is 4.98 Å². The summed E-state index contributed by atoms with van der Waals surface area (Å²) in [6, 6.07) is 9.22. The van der Waals surface area contributed by atoms with Crippen LogP contribution in [0.1, 0.15) is 15.9 Å². The Hall–Kier alpha value is -1.59. The molecule has 0 unspecified atom stereocenters. The molecule has 19 heavy (non-hydrogen) atoms. The number of hydrogen-bond donors (Lipinski definition) is 2. The van der Waals surface area contributed by atoms with E-state index in [1.165, 1.54) is 12.3 Å². The van der Waals surface area contributed by atoms with Crippen LogP contribution in [0.15, 0.2) is 41.0 Å². The van der Waals surface area contributed by atoms with Crippen molar-refractivity contribution in [3.63, 3.8) is 0 Å². The molecule has 98 valence electrons. The second kappa shape index (κ2) is 6.04. The van der Waals surface area contributed by atoms with Gasteiger partial charge in [0.15, 0.2) is 0 Å². The highest BCUT2D eigenvalue weighted by molar-refractivity contribution is 9.10. The highest BCUT2D eigenvalue weighted by Gasteiger charge is 2.10. The minimum Gasteiger partial charge on any atom is -0.478 e. The zero-order valence-corrected chi connectivity index (χ0v) is 12.1. The lowest BCUT2D eigenvalue weighted by Gasteiger charge is -2.07. The molecule has 0 saturated heterocycles. The minimum atomic E-state index is -1.07. The van der Waals surface area contributed by atoms with Crippen LogP contribution in [-0.2, 0) is 6.54 Å². The molecule has 0 bridgehead atoms. The first-order chi connectivity index (χ1) is 9.06. The lowest BCUT2D eigenvalue weighted by Crippen LogP contribution is -2.04. The number of aromatic nitrogens is 1. The predicted molar refractivity (Wildman–Crippen MR) is 77.7 cm³/mol. The number of anilines is 1. The van der Waals surface area contributed by atoms with Gasteiger partial charge in [0.2, 0.25) is 0 Å². The van der Waals surface area contributed by atoms with Gasteiger partial charge in [0.05, 0.1) is 10.6 Å². The molecule has 2 rings (SSSR count). The Bertz CT molecular complexity index is 619. The monoisotopic (exact) mass is 340 g/mol. The Labute approximate surface area is 123 Å². The van der Waals surface area contributed by atoms with E-state index in [0.29, 0.717) is 12.4 Å². The molecule has 0 atom stereocenters. The number of nitrogens with one attached hydrogen (secondary N) is 1. The van der Waals surface area contributed by atoms with Gasteiger partial charge in [-0.15, -0.1) is 0 Å². The van der Waals surface area contributed by atoms with Gasteiger partial charge < -0.3 is 10.4 Å². The molecule has 4 nitrogen and oxygen atoms in total. The molecule has 6 heteroatoms. The van der Waals surface area contributed by atoms with E-state index in [9.17, 15) is 4.79 Å². The van der Waals surface area contributed by atoms with Crippen LogP contribution in [0.25, 0.3) is 0 Å². The van der Waals surface area contributed by atoms with Crippen molar-refractivity contribution in [2.75, 3.05) is 5.32 Å². The molecule has 2 aromatic rings. The van der Waals surface area contributed by atoms with Gasteiger partial charge in [0, 0.05) is 17.2 Å². The first-order valence-electron chi connectivity index (χ1n) is 5.43. The smallest absolute Gasteiger partial charge is 0.337 e. The van der Waals surface area contributed by atoms with E-state index < -0.39 is 5.97 Å². The molecule has 2 N–H and O–H groups in total. The van der Waals surface area contributed by atoms with Crippen molar-refractivity contribution < 1.29 is 9.90 Å². The standard InChI is InChI=1S/C13H10BrClN2O2/c14-9-3-1-2-8(4-9)6-16-12-5-10(13(18)19)11(15)7-17-12/h1-5,7H,6H2,(H,16,17)(H,18,19). The van der Waals surface area contributed by atoms with Gasteiger partial charge in [0.1, 0.15) is 5.82 Å². The number of nitrogens with zero attached hydrogens (tertiary/aromatic N) is 1. The number of rotatable bonds is 4. The number of carbonyl (C=O) groups is 1. The van der Waals surface area contributed by atoms with Gasteiger partial charge in [-0.05, 0) is 23.8 Å². The normalized spacial score (nSPS) is 10.2. The van der Waals surface area contributed by atoms with Crippen molar-refractivity contribution in [2.45, 2.75) is 6.54 Å². The summed E-state index contributed by atoms with van der Waals surface area (Å²) >= 11 is 9.14. The fraction of sp³-hybridized carbons (Fsp3) is 0.0769. The van der Waals surface area contributed by atoms with Gasteiger partial charge >= 0.3 is 5.97 Å². The second-order valence-electron chi connectivity index (χ2n) is 3.84. The summed E-state index contributed by atoms with van der Waals surface area (Å²) in [4.78, 5) is 15.0. The van der Waals surface area contributed by atoms with E-state index in [1.807, 2.05) is 24.3 Å². The molecule has 1 heterocycles. The number of aromatic carboxylic acids is 1. The lowest BCUT2D eigenvalue weighted by molar-refractivity contribution is 0.0697.